The van der Waals surface area contributed by atoms with Crippen molar-refractivity contribution in [3.8, 4) is 0 Å². The summed E-state index contributed by atoms with van der Waals surface area (Å²) in [5.74, 6) is -0.0714. The van der Waals surface area contributed by atoms with Crippen LogP contribution < -0.4 is 11.5 Å². The summed E-state index contributed by atoms with van der Waals surface area (Å²) in [5.41, 5.74) is 13.5. The van der Waals surface area contributed by atoms with Gasteiger partial charge in [0.05, 0.1) is 18.8 Å². The van der Waals surface area contributed by atoms with Gasteiger partial charge in [-0.05, 0) is 6.42 Å². The van der Waals surface area contributed by atoms with Crippen LogP contribution in [0.1, 0.15) is 12.6 Å². The second-order valence-electron chi connectivity index (χ2n) is 4.24. The smallest absolute Gasteiger partial charge is 0.243 e. The minimum Gasteiger partial charge on any atom is -0.370 e. The second kappa shape index (κ2) is 5.27. The van der Waals surface area contributed by atoms with E-state index in [0.29, 0.717) is 19.1 Å². The fourth-order valence-electron chi connectivity index (χ4n) is 2.05. The van der Waals surface area contributed by atoms with Crippen molar-refractivity contribution in [2.24, 2.45) is 12.8 Å². The number of fused-ring (bicyclic) bond motifs is 1. The van der Waals surface area contributed by atoms with Gasteiger partial charge in [0.25, 0.3) is 0 Å². The minimum absolute atomic E-state index is 0.0939. The van der Waals surface area contributed by atoms with Crippen molar-refractivity contribution < 1.29 is 9.53 Å². The molecular weight excluding hydrogens is 248 g/mol. The molecule has 0 aliphatic rings. The third-order valence-electron chi connectivity index (χ3n) is 2.86. The van der Waals surface area contributed by atoms with Crippen LogP contribution in [-0.2, 0) is 29.5 Å². The molecule has 2 aromatic rings. The van der Waals surface area contributed by atoms with E-state index >= 15 is 0 Å². The Morgan fingerprint density at radius 1 is 1.47 bits per heavy atom. The lowest BCUT2D eigenvalue weighted by atomic mass is 10.3. The van der Waals surface area contributed by atoms with Crippen LogP contribution in [0.2, 0.25) is 0 Å². The van der Waals surface area contributed by atoms with Crippen molar-refractivity contribution in [3.63, 3.8) is 0 Å². The molecule has 2 aromatic heterocycles. The van der Waals surface area contributed by atoms with Gasteiger partial charge in [0, 0.05) is 7.05 Å². The number of anilines is 1. The number of hydrogen-bond acceptors (Lipinski definition) is 5. The Kier molecular flexibility index (Phi) is 3.70. The molecule has 1 amide bonds. The van der Waals surface area contributed by atoms with E-state index in [1.807, 2.05) is 18.5 Å². The zero-order valence-corrected chi connectivity index (χ0v) is 11.1. The molecule has 0 unspecified atom stereocenters. The van der Waals surface area contributed by atoms with Crippen LogP contribution in [0.15, 0.2) is 0 Å². The molecule has 2 heterocycles. The highest BCUT2D eigenvalue weighted by atomic mass is 16.5. The molecule has 0 aromatic carbocycles. The van der Waals surface area contributed by atoms with Crippen LogP contribution in [0.4, 0.5) is 5.95 Å². The number of nitrogens with zero attached hydrogens (tertiary/aromatic N) is 4. The maximum atomic E-state index is 10.6. The minimum atomic E-state index is -0.488. The van der Waals surface area contributed by atoms with E-state index < -0.39 is 5.91 Å². The highest BCUT2D eigenvalue weighted by Gasteiger charge is 2.16. The number of nitrogens with two attached hydrogens (primary N) is 2. The third-order valence-corrected chi connectivity index (χ3v) is 2.86. The summed E-state index contributed by atoms with van der Waals surface area (Å²) in [6.45, 7) is 2.76. The molecular formula is C11H18N6O2. The number of rotatable bonds is 6. The maximum Gasteiger partial charge on any atom is 0.243 e. The van der Waals surface area contributed by atoms with Gasteiger partial charge in [0.2, 0.25) is 11.9 Å². The van der Waals surface area contributed by atoms with Gasteiger partial charge >= 0.3 is 0 Å². The Bertz CT molecular complexity index is 600. The predicted molar refractivity (Wildman–Crippen MR) is 70.3 cm³/mol. The number of ether oxygens (including phenoxy) is 1. The zero-order chi connectivity index (χ0) is 14.0. The van der Waals surface area contributed by atoms with Gasteiger partial charge in [-0.2, -0.15) is 5.10 Å². The van der Waals surface area contributed by atoms with Crippen molar-refractivity contribution in [2.45, 2.75) is 19.9 Å². The van der Waals surface area contributed by atoms with E-state index in [1.165, 1.54) is 0 Å². The molecule has 8 nitrogen and oxygen atoms in total. The maximum absolute atomic E-state index is 10.6. The molecule has 0 saturated heterocycles. The second-order valence-corrected chi connectivity index (χ2v) is 4.24. The first-order valence-electron chi connectivity index (χ1n) is 6.08. The lowest BCUT2D eigenvalue weighted by molar-refractivity contribution is -0.122. The van der Waals surface area contributed by atoms with Gasteiger partial charge in [-0.1, -0.05) is 6.92 Å². The molecule has 0 fully saturated rings. The average Bonchev–Trinajstić information content (AvgIpc) is 2.83. The summed E-state index contributed by atoms with van der Waals surface area (Å²) in [4.78, 5) is 14.9. The van der Waals surface area contributed by atoms with Crippen LogP contribution in [0.25, 0.3) is 11.2 Å². The number of carbonyl (C=O) groups is 1. The predicted octanol–water partition coefficient (Wildman–Crippen LogP) is -0.584. The Morgan fingerprint density at radius 3 is 2.84 bits per heavy atom. The molecule has 19 heavy (non-hydrogen) atoms. The summed E-state index contributed by atoms with van der Waals surface area (Å²) in [6.07, 6.45) is 0.798. The Balaban J connectivity index is 2.20. The summed E-state index contributed by atoms with van der Waals surface area (Å²) >= 11 is 0. The van der Waals surface area contributed by atoms with E-state index in [2.05, 4.69) is 10.1 Å². The van der Waals surface area contributed by atoms with Gasteiger partial charge in [-0.25, -0.2) is 4.98 Å². The fourth-order valence-corrected chi connectivity index (χ4v) is 2.05. The van der Waals surface area contributed by atoms with Gasteiger partial charge < -0.3 is 16.2 Å². The Labute approximate surface area is 110 Å². The summed E-state index contributed by atoms with van der Waals surface area (Å²) in [6, 6.07) is 0. The van der Waals surface area contributed by atoms with Crippen molar-refractivity contribution in [1.82, 2.24) is 19.3 Å². The van der Waals surface area contributed by atoms with E-state index in [1.54, 1.807) is 4.68 Å². The monoisotopic (exact) mass is 266 g/mol. The van der Waals surface area contributed by atoms with Crippen molar-refractivity contribution in [2.75, 3.05) is 18.9 Å². The quantitative estimate of drug-likeness (QED) is 0.679. The van der Waals surface area contributed by atoms with Crippen molar-refractivity contribution in [3.05, 3.63) is 5.69 Å². The van der Waals surface area contributed by atoms with Gasteiger partial charge in [0.15, 0.2) is 5.65 Å². The summed E-state index contributed by atoms with van der Waals surface area (Å²) < 4.78 is 8.71. The zero-order valence-electron chi connectivity index (χ0n) is 11.1. The Hall–Kier alpha value is -2.09. The molecule has 0 saturated carbocycles. The topological polar surface area (TPSA) is 114 Å². The first-order valence-corrected chi connectivity index (χ1v) is 6.08. The van der Waals surface area contributed by atoms with Crippen molar-refractivity contribution >= 4 is 23.0 Å². The summed E-state index contributed by atoms with van der Waals surface area (Å²) in [5, 5.41) is 4.39. The molecule has 0 aliphatic heterocycles. The molecule has 104 valence electrons. The lowest BCUT2D eigenvalue weighted by Gasteiger charge is -2.06. The first-order chi connectivity index (χ1) is 9.04. The van der Waals surface area contributed by atoms with E-state index in [0.717, 1.165) is 23.3 Å². The molecule has 0 aliphatic carbocycles. The molecule has 0 atom stereocenters. The molecule has 4 N–H and O–H groups in total. The molecule has 0 spiro atoms. The molecule has 2 rings (SSSR count). The standard InChI is InChI=1S/C11H18N6O2/c1-3-7-9-10(16(2)15-7)17(11(13)14-9)4-5-19-6-8(12)18/h3-6H2,1-2H3,(H2,12,18)(H2,13,14). The third kappa shape index (κ3) is 2.53. The number of amides is 1. The molecule has 0 radical (unpaired) electrons. The number of aromatic nitrogens is 4. The van der Waals surface area contributed by atoms with Crippen LogP contribution in [0.3, 0.4) is 0 Å². The van der Waals surface area contributed by atoms with Crippen LogP contribution in [0.5, 0.6) is 0 Å². The van der Waals surface area contributed by atoms with Crippen LogP contribution >= 0.6 is 0 Å². The number of primary amides is 1. The van der Waals surface area contributed by atoms with Crippen LogP contribution in [0, 0.1) is 0 Å². The first kappa shape index (κ1) is 13.3. The van der Waals surface area contributed by atoms with Gasteiger partial charge in [-0.3, -0.25) is 14.0 Å². The SMILES string of the molecule is CCc1nn(C)c2c1nc(N)n2CCOCC(N)=O. The highest BCUT2D eigenvalue weighted by molar-refractivity contribution is 5.77. The number of aryl methyl sites for hydroxylation is 2. The number of hydrogen-bond donors (Lipinski definition) is 2. The summed E-state index contributed by atoms with van der Waals surface area (Å²) in [7, 11) is 1.85. The molecule has 0 bridgehead atoms. The van der Waals surface area contributed by atoms with Crippen molar-refractivity contribution in [1.29, 1.82) is 0 Å². The highest BCUT2D eigenvalue weighted by Crippen LogP contribution is 2.20. The fraction of sp³-hybridized carbons (Fsp3) is 0.545. The largest absolute Gasteiger partial charge is 0.370 e. The molecule has 8 heteroatoms. The van der Waals surface area contributed by atoms with Gasteiger partial charge in [0.1, 0.15) is 12.1 Å². The number of carbonyl (C=O) groups excluding carboxylic acids is 1. The average molecular weight is 266 g/mol. The van der Waals surface area contributed by atoms with E-state index in [-0.39, 0.29) is 6.61 Å². The lowest BCUT2D eigenvalue weighted by Crippen LogP contribution is -2.20. The van der Waals surface area contributed by atoms with Crippen LogP contribution in [-0.4, -0.2) is 38.5 Å². The number of nitrogen functional groups attached to an aromatic ring is 1. The number of imidazole rings is 1. The normalized spacial score (nSPS) is 11.3. The van der Waals surface area contributed by atoms with E-state index in [4.69, 9.17) is 16.2 Å². The Morgan fingerprint density at radius 2 is 2.21 bits per heavy atom. The van der Waals surface area contributed by atoms with Gasteiger partial charge in [-0.15, -0.1) is 0 Å². The van der Waals surface area contributed by atoms with E-state index in [9.17, 15) is 4.79 Å².